The Morgan fingerprint density at radius 2 is 1.67 bits per heavy atom. The van der Waals surface area contributed by atoms with Crippen LogP contribution in [0, 0.1) is 9.16 Å². The first-order valence-corrected chi connectivity index (χ1v) is 6.61. The van der Waals surface area contributed by atoms with E-state index < -0.39 is 0 Å². The molecule has 0 fully saturated rings. The van der Waals surface area contributed by atoms with Gasteiger partial charge >= 0.3 is 93.1 Å². The van der Waals surface area contributed by atoms with E-state index in [1.807, 2.05) is 36.4 Å². The second-order valence-electron chi connectivity index (χ2n) is 3.38. The third-order valence-corrected chi connectivity index (χ3v) is 5.04. The fourth-order valence-corrected chi connectivity index (χ4v) is 4.11. The molecule has 0 spiro atoms. The predicted octanol–water partition coefficient (Wildman–Crippen LogP) is 0.601. The van der Waals surface area contributed by atoms with E-state index in [1.54, 1.807) is 0 Å². The first kappa shape index (κ1) is 8.87. The van der Waals surface area contributed by atoms with Gasteiger partial charge in [-0.1, -0.05) is 0 Å². The summed E-state index contributed by atoms with van der Waals surface area (Å²) in [6.45, 7) is 0. The molecular formula is C12H8AsNO. The third kappa shape index (κ3) is 1.33. The minimum absolute atomic E-state index is 0.0391. The molecule has 15 heavy (non-hydrogen) atoms. The van der Waals surface area contributed by atoms with Crippen LogP contribution in [0.5, 0.6) is 0 Å². The SMILES string of the molecule is [O-][N+]1=c2ccccc2=[As]c2ccccc21. The molecule has 2 aromatic carbocycles. The number of rotatable bonds is 0. The Hall–Kier alpha value is -1.40. The van der Waals surface area contributed by atoms with Crippen molar-refractivity contribution in [3.8, 4) is 0 Å². The van der Waals surface area contributed by atoms with Gasteiger partial charge in [-0.25, -0.2) is 0 Å². The van der Waals surface area contributed by atoms with E-state index in [4.69, 9.17) is 0 Å². The van der Waals surface area contributed by atoms with Crippen molar-refractivity contribution < 1.29 is 0 Å². The van der Waals surface area contributed by atoms with Gasteiger partial charge in [-0.05, 0) is 0 Å². The van der Waals surface area contributed by atoms with Gasteiger partial charge in [0.15, 0.2) is 0 Å². The average Bonchev–Trinajstić information content (AvgIpc) is 2.30. The molecule has 0 radical (unpaired) electrons. The second kappa shape index (κ2) is 3.32. The van der Waals surface area contributed by atoms with E-state index in [0.717, 1.165) is 15.8 Å². The molecule has 2 nitrogen and oxygen atoms in total. The van der Waals surface area contributed by atoms with Crippen LogP contribution in [-0.2, 0) is 0 Å². The molecular weight excluding hydrogens is 249 g/mol. The molecule has 3 heteroatoms. The summed E-state index contributed by atoms with van der Waals surface area (Å²) in [6, 6.07) is 15.7. The van der Waals surface area contributed by atoms with Crippen molar-refractivity contribution in [3.05, 3.63) is 63.0 Å². The fraction of sp³-hybridized carbons (Fsp3) is 0. The fourth-order valence-electron chi connectivity index (χ4n) is 1.72. The van der Waals surface area contributed by atoms with E-state index >= 15 is 0 Å². The Morgan fingerprint density at radius 1 is 0.933 bits per heavy atom. The van der Waals surface area contributed by atoms with Gasteiger partial charge in [-0.3, -0.25) is 0 Å². The number of hydrogen-bond donors (Lipinski definition) is 0. The molecule has 0 aromatic heterocycles. The quantitative estimate of drug-likeness (QED) is 0.385. The minimum atomic E-state index is -0.0391. The van der Waals surface area contributed by atoms with Gasteiger partial charge in [0, 0.05) is 0 Å². The van der Waals surface area contributed by atoms with Gasteiger partial charge in [-0.2, -0.15) is 0 Å². The van der Waals surface area contributed by atoms with Crippen molar-refractivity contribution in [3.63, 3.8) is 0 Å². The van der Waals surface area contributed by atoms with Crippen molar-refractivity contribution in [2.24, 2.45) is 0 Å². The number of benzene rings is 2. The molecule has 0 bridgehead atoms. The molecule has 0 unspecified atom stereocenters. The maximum absolute atomic E-state index is 12.0. The monoisotopic (exact) mass is 257 g/mol. The first-order valence-electron chi connectivity index (χ1n) is 4.73. The summed E-state index contributed by atoms with van der Waals surface area (Å²) in [5.74, 6) is 0. The molecule has 0 saturated carbocycles. The van der Waals surface area contributed by atoms with Crippen LogP contribution >= 0.6 is 0 Å². The predicted molar refractivity (Wildman–Crippen MR) is 61.0 cm³/mol. The standard InChI is InChI=1S/C12H8AsNO/c15-14-11-7-3-1-5-9(11)13-10-6-2-4-8-12(10)14/h1-8H. The van der Waals surface area contributed by atoms with Gasteiger partial charge in [0.05, 0.1) is 0 Å². The zero-order chi connectivity index (χ0) is 10.3. The maximum atomic E-state index is 12.0. The van der Waals surface area contributed by atoms with Gasteiger partial charge < -0.3 is 0 Å². The van der Waals surface area contributed by atoms with Crippen molar-refractivity contribution in [2.75, 3.05) is 0 Å². The van der Waals surface area contributed by atoms with E-state index in [1.165, 1.54) is 8.30 Å². The Bertz CT molecular complexity index is 649. The molecule has 1 heterocycles. The van der Waals surface area contributed by atoms with Crippen molar-refractivity contribution in [1.29, 1.82) is 0 Å². The summed E-state index contributed by atoms with van der Waals surface area (Å²) in [5, 5.41) is 12.9. The summed E-state index contributed by atoms with van der Waals surface area (Å²) < 4.78 is 3.44. The van der Waals surface area contributed by atoms with Crippen molar-refractivity contribution >= 4 is 25.3 Å². The van der Waals surface area contributed by atoms with Crippen LogP contribution in [0.3, 0.4) is 0 Å². The van der Waals surface area contributed by atoms with Gasteiger partial charge in [0.2, 0.25) is 0 Å². The molecule has 0 saturated heterocycles. The Kier molecular flexibility index (Phi) is 1.96. The number of hydrogen-bond acceptors (Lipinski definition) is 1. The Labute approximate surface area is 93.3 Å². The van der Waals surface area contributed by atoms with Crippen molar-refractivity contribution in [1.82, 2.24) is 4.74 Å². The molecule has 0 N–H and O–H groups in total. The van der Waals surface area contributed by atoms with Gasteiger partial charge in [0.1, 0.15) is 0 Å². The molecule has 1 aliphatic rings. The average molecular weight is 257 g/mol. The summed E-state index contributed by atoms with van der Waals surface area (Å²) in [7, 11) is 0. The van der Waals surface area contributed by atoms with E-state index in [0.29, 0.717) is 0 Å². The molecule has 2 aromatic rings. The zero-order valence-electron chi connectivity index (χ0n) is 7.92. The van der Waals surface area contributed by atoms with Crippen LogP contribution in [0.4, 0.5) is 5.69 Å². The van der Waals surface area contributed by atoms with Gasteiger partial charge in [0.25, 0.3) is 0 Å². The molecule has 0 atom stereocenters. The van der Waals surface area contributed by atoms with Crippen LogP contribution in [-0.4, -0.2) is 15.3 Å². The number of fused-ring (bicyclic) bond motifs is 2. The summed E-state index contributed by atoms with van der Waals surface area (Å²) >= 11 is -0.0391. The summed E-state index contributed by atoms with van der Waals surface area (Å²) in [4.78, 5) is 0. The van der Waals surface area contributed by atoms with Crippen LogP contribution in [0.15, 0.2) is 48.5 Å². The first-order chi connectivity index (χ1) is 7.36. The van der Waals surface area contributed by atoms with Crippen LogP contribution < -0.4 is 14.4 Å². The normalized spacial score (nSPS) is 13.7. The van der Waals surface area contributed by atoms with Gasteiger partial charge in [-0.15, -0.1) is 0 Å². The second-order valence-corrected chi connectivity index (χ2v) is 5.87. The van der Waals surface area contributed by atoms with E-state index in [-0.39, 0.29) is 15.3 Å². The van der Waals surface area contributed by atoms with Crippen LogP contribution in [0.1, 0.15) is 0 Å². The van der Waals surface area contributed by atoms with E-state index in [2.05, 4.69) is 12.1 Å². The number of nitrogens with zero attached hydrogens (tertiary/aromatic N) is 1. The topological polar surface area (TPSA) is 26.1 Å². The molecule has 3 rings (SSSR count). The Morgan fingerprint density at radius 3 is 2.60 bits per heavy atom. The van der Waals surface area contributed by atoms with Crippen LogP contribution in [0.2, 0.25) is 0 Å². The summed E-state index contributed by atoms with van der Waals surface area (Å²) in [6.07, 6.45) is 0. The van der Waals surface area contributed by atoms with Crippen LogP contribution in [0.25, 0.3) is 0 Å². The molecule has 0 aliphatic carbocycles. The molecule has 0 amide bonds. The van der Waals surface area contributed by atoms with Crippen molar-refractivity contribution in [2.45, 2.75) is 0 Å². The van der Waals surface area contributed by atoms with E-state index in [9.17, 15) is 5.21 Å². The molecule has 1 aliphatic heterocycles. The Balaban J connectivity index is 2.50. The third-order valence-electron chi connectivity index (χ3n) is 2.44. The molecule has 72 valence electrons. The zero-order valence-corrected chi connectivity index (χ0v) is 9.80. The number of para-hydroxylation sites is 2. The summed E-state index contributed by atoms with van der Waals surface area (Å²) in [5.41, 5.74) is 0.816.